The van der Waals surface area contributed by atoms with Gasteiger partial charge in [0.25, 0.3) is 0 Å². The van der Waals surface area contributed by atoms with Crippen LogP contribution in [0.4, 0.5) is 0 Å². The molecule has 0 fully saturated rings. The number of hydrogen-bond acceptors (Lipinski definition) is 7. The van der Waals surface area contributed by atoms with E-state index in [1.807, 2.05) is 14.0 Å². The summed E-state index contributed by atoms with van der Waals surface area (Å²) in [5, 5.41) is 6.40. The monoisotopic (exact) mass is 583 g/mol. The molecule has 0 aliphatic carbocycles. The predicted molar refractivity (Wildman–Crippen MR) is 177 cm³/mol. The fourth-order valence-corrected chi connectivity index (χ4v) is 6.78. The molecule has 0 saturated carbocycles. The Labute approximate surface area is 250 Å². The Morgan fingerprint density at radius 1 is 0.769 bits per heavy atom. The summed E-state index contributed by atoms with van der Waals surface area (Å²) in [6.45, 7) is 12.0. The first-order valence-corrected chi connectivity index (χ1v) is 18.3. The van der Waals surface area contributed by atoms with Gasteiger partial charge in [-0.1, -0.05) is 99.3 Å². The second-order valence-electron chi connectivity index (χ2n) is 10.5. The van der Waals surface area contributed by atoms with Crippen LogP contribution in [0.5, 0.6) is 0 Å². The number of ketones is 1. The summed E-state index contributed by atoms with van der Waals surface area (Å²) >= 11 is 0. The third kappa shape index (κ3) is 24.6. The standard InChI is InChI=1S/C32H61N3O2S2/c1-5-7-8-15-20-28-38-39-29-21-16-11-13-18-25-35(24-17-12-9-10-14-19-27-36)26-22-23-34-32(30(3)33-4)31(37)6-2/h6,27,33-34H,2,5,7-26,28-29H2,1,3-4H3/b32-30-. The molecule has 5 nitrogen and oxygen atoms in total. The normalized spacial score (nSPS) is 11.9. The molecular weight excluding hydrogens is 523 g/mol. The van der Waals surface area contributed by atoms with Crippen molar-refractivity contribution in [2.45, 2.75) is 123 Å². The Hall–Kier alpha value is -0.920. The number of hydrogen-bond donors (Lipinski definition) is 2. The maximum absolute atomic E-state index is 12.2. The molecule has 0 amide bonds. The molecule has 0 unspecified atom stereocenters. The van der Waals surface area contributed by atoms with Crippen molar-refractivity contribution in [3.05, 3.63) is 24.0 Å². The van der Waals surface area contributed by atoms with Gasteiger partial charge in [0.1, 0.15) is 12.0 Å². The van der Waals surface area contributed by atoms with E-state index in [1.165, 1.54) is 101 Å². The highest BCUT2D eigenvalue weighted by Crippen LogP contribution is 2.24. The van der Waals surface area contributed by atoms with Crippen molar-refractivity contribution < 1.29 is 9.59 Å². The lowest BCUT2D eigenvalue weighted by Crippen LogP contribution is -2.31. The van der Waals surface area contributed by atoms with Crippen molar-refractivity contribution in [2.75, 3.05) is 44.7 Å². The van der Waals surface area contributed by atoms with Crippen LogP contribution >= 0.6 is 21.6 Å². The number of rotatable bonds is 31. The van der Waals surface area contributed by atoms with Crippen LogP contribution < -0.4 is 10.6 Å². The summed E-state index contributed by atoms with van der Waals surface area (Å²) in [7, 11) is 5.98. The first kappa shape index (κ1) is 38.1. The van der Waals surface area contributed by atoms with Crippen molar-refractivity contribution in [1.82, 2.24) is 15.5 Å². The number of allylic oxidation sites excluding steroid dienone is 2. The van der Waals surface area contributed by atoms with Gasteiger partial charge < -0.3 is 20.3 Å². The molecule has 2 N–H and O–H groups in total. The third-order valence-corrected chi connectivity index (χ3v) is 9.62. The number of carbonyl (C=O) groups is 2. The Morgan fingerprint density at radius 3 is 1.82 bits per heavy atom. The minimum atomic E-state index is -0.0623. The van der Waals surface area contributed by atoms with Gasteiger partial charge in [0.05, 0.1) is 0 Å². The molecule has 0 aliphatic rings. The summed E-state index contributed by atoms with van der Waals surface area (Å²) in [6, 6.07) is 0. The first-order valence-electron chi connectivity index (χ1n) is 15.8. The summed E-state index contributed by atoms with van der Waals surface area (Å²) in [6.07, 6.45) is 23.5. The van der Waals surface area contributed by atoms with Gasteiger partial charge in [0.15, 0.2) is 0 Å². The Balaban J connectivity index is 4.17. The second kappa shape index (κ2) is 30.0. The smallest absolute Gasteiger partial charge is 0.202 e. The van der Waals surface area contributed by atoms with Crippen LogP contribution in [-0.2, 0) is 9.59 Å². The average molecular weight is 584 g/mol. The lowest BCUT2D eigenvalue weighted by atomic mass is 10.1. The highest BCUT2D eigenvalue weighted by molar-refractivity contribution is 8.76. The summed E-state index contributed by atoms with van der Waals surface area (Å²) in [5.74, 6) is 2.55. The molecule has 0 saturated heterocycles. The molecule has 7 heteroatoms. The van der Waals surface area contributed by atoms with Crippen LogP contribution in [0.3, 0.4) is 0 Å². The van der Waals surface area contributed by atoms with Crippen molar-refractivity contribution in [3.8, 4) is 0 Å². The van der Waals surface area contributed by atoms with Crippen molar-refractivity contribution in [3.63, 3.8) is 0 Å². The first-order chi connectivity index (χ1) is 19.1. The van der Waals surface area contributed by atoms with Gasteiger partial charge in [-0.15, -0.1) is 0 Å². The number of nitrogens with one attached hydrogen (secondary N) is 2. The van der Waals surface area contributed by atoms with Gasteiger partial charge in [0.2, 0.25) is 5.78 Å². The van der Waals surface area contributed by atoms with Gasteiger partial charge in [-0.2, -0.15) is 0 Å². The molecule has 0 aliphatic heterocycles. The van der Waals surface area contributed by atoms with E-state index < -0.39 is 0 Å². The Kier molecular flexibility index (Phi) is 29.3. The topological polar surface area (TPSA) is 61.4 Å². The van der Waals surface area contributed by atoms with Crippen LogP contribution in [0.15, 0.2) is 24.0 Å². The molecule has 0 heterocycles. The summed E-state index contributed by atoms with van der Waals surface area (Å²) in [5.41, 5.74) is 1.48. The van der Waals surface area contributed by atoms with Crippen molar-refractivity contribution in [1.29, 1.82) is 0 Å². The third-order valence-electron chi connectivity index (χ3n) is 7.05. The highest BCUT2D eigenvalue weighted by Gasteiger charge is 2.10. The lowest BCUT2D eigenvalue weighted by molar-refractivity contribution is -0.111. The molecule has 0 spiro atoms. The largest absolute Gasteiger partial charge is 0.390 e. The quantitative estimate of drug-likeness (QED) is 0.0368. The molecule has 228 valence electrons. The maximum atomic E-state index is 12.2. The number of unbranched alkanes of at least 4 members (excludes halogenated alkanes) is 13. The van der Waals surface area contributed by atoms with E-state index in [1.54, 1.807) is 0 Å². The van der Waals surface area contributed by atoms with Crippen LogP contribution in [-0.4, -0.2) is 61.7 Å². The fraction of sp³-hybridized carbons (Fsp3) is 0.812. The van der Waals surface area contributed by atoms with E-state index in [-0.39, 0.29) is 5.78 Å². The van der Waals surface area contributed by atoms with Crippen LogP contribution in [0, 0.1) is 0 Å². The van der Waals surface area contributed by atoms with Crippen LogP contribution in [0.25, 0.3) is 0 Å². The number of aldehydes is 1. The van der Waals surface area contributed by atoms with E-state index in [9.17, 15) is 9.59 Å². The zero-order valence-electron chi connectivity index (χ0n) is 25.7. The number of carbonyl (C=O) groups excluding carboxylic acids is 2. The predicted octanol–water partition coefficient (Wildman–Crippen LogP) is 8.32. The lowest BCUT2D eigenvalue weighted by Gasteiger charge is -2.23. The molecule has 0 aromatic carbocycles. The molecule has 0 rings (SSSR count). The summed E-state index contributed by atoms with van der Waals surface area (Å²) < 4.78 is 0. The zero-order chi connectivity index (χ0) is 28.8. The molecule has 0 aromatic rings. The van der Waals surface area contributed by atoms with E-state index in [2.05, 4.69) is 50.6 Å². The zero-order valence-corrected chi connectivity index (χ0v) is 27.3. The SMILES string of the molecule is C=CC(=O)/C(NCCCN(CCCCCCCC=O)CCCCCCCSSCCCCCCC)=C(\C)NC. The Bertz CT molecular complexity index is 629. The van der Waals surface area contributed by atoms with Gasteiger partial charge >= 0.3 is 0 Å². The Morgan fingerprint density at radius 2 is 1.28 bits per heavy atom. The molecule has 0 atom stereocenters. The molecule has 39 heavy (non-hydrogen) atoms. The highest BCUT2D eigenvalue weighted by atomic mass is 33.1. The van der Waals surface area contributed by atoms with Crippen LogP contribution in [0.1, 0.15) is 123 Å². The van der Waals surface area contributed by atoms with Crippen molar-refractivity contribution in [2.24, 2.45) is 0 Å². The van der Waals surface area contributed by atoms with Gasteiger partial charge in [0, 0.05) is 37.2 Å². The van der Waals surface area contributed by atoms with Gasteiger partial charge in [-0.3, -0.25) is 4.79 Å². The molecule has 0 radical (unpaired) electrons. The van der Waals surface area contributed by atoms with Crippen molar-refractivity contribution >= 4 is 33.7 Å². The average Bonchev–Trinajstić information content (AvgIpc) is 2.95. The van der Waals surface area contributed by atoms with Crippen LogP contribution in [0.2, 0.25) is 0 Å². The molecule has 0 aromatic heterocycles. The minimum absolute atomic E-state index is 0.0623. The number of nitrogens with zero attached hydrogens (tertiary/aromatic N) is 1. The van der Waals surface area contributed by atoms with E-state index in [0.29, 0.717) is 12.1 Å². The van der Waals surface area contributed by atoms with E-state index >= 15 is 0 Å². The fourth-order valence-electron chi connectivity index (χ4n) is 4.49. The molecular formula is C32H61N3O2S2. The second-order valence-corrected chi connectivity index (χ2v) is 13.2. The van der Waals surface area contributed by atoms with Gasteiger partial charge in [-0.25, -0.2) is 0 Å². The van der Waals surface area contributed by atoms with E-state index in [0.717, 1.165) is 57.4 Å². The minimum Gasteiger partial charge on any atom is -0.390 e. The van der Waals surface area contributed by atoms with Gasteiger partial charge in [-0.05, 0) is 71.2 Å². The molecule has 0 bridgehead atoms. The maximum Gasteiger partial charge on any atom is 0.202 e. The summed E-state index contributed by atoms with van der Waals surface area (Å²) in [4.78, 5) is 25.3. The van der Waals surface area contributed by atoms with E-state index in [4.69, 9.17) is 0 Å².